The number of carbonyl (C=O) groups excluding carboxylic acids is 1. The van der Waals surface area contributed by atoms with Gasteiger partial charge >= 0.3 is 5.97 Å². The van der Waals surface area contributed by atoms with Crippen LogP contribution in [0.15, 0.2) is 12.7 Å². The predicted molar refractivity (Wildman–Crippen MR) is 60.4 cm³/mol. The van der Waals surface area contributed by atoms with Crippen LogP contribution in [0.2, 0.25) is 0 Å². The molecule has 0 aromatic rings. The number of methoxy groups -OCH3 is 1. The van der Waals surface area contributed by atoms with Crippen LogP contribution in [0.5, 0.6) is 0 Å². The molecule has 3 heteroatoms. The molecule has 0 rings (SSSR count). The lowest BCUT2D eigenvalue weighted by Gasteiger charge is -2.24. The van der Waals surface area contributed by atoms with Gasteiger partial charge in [-0.25, -0.2) is 4.79 Å². The Bertz CT molecular complexity index is 189. The molecule has 0 N–H and O–H groups in total. The fraction of sp³-hybridized carbons (Fsp3) is 0.750. The molecule has 0 bridgehead atoms. The average Bonchev–Trinajstić information content (AvgIpc) is 2.27. The molecule has 0 fully saturated rings. The van der Waals surface area contributed by atoms with E-state index in [0.29, 0.717) is 0 Å². The van der Waals surface area contributed by atoms with Gasteiger partial charge in [0.1, 0.15) is 0 Å². The van der Waals surface area contributed by atoms with Crippen molar-refractivity contribution < 1.29 is 14.3 Å². The zero-order chi connectivity index (χ0) is 11.7. The quantitative estimate of drug-likeness (QED) is 0.354. The van der Waals surface area contributed by atoms with E-state index in [0.717, 1.165) is 25.7 Å². The Morgan fingerprint density at radius 3 is 2.53 bits per heavy atom. The van der Waals surface area contributed by atoms with Crippen molar-refractivity contribution in [1.82, 2.24) is 0 Å². The molecule has 0 saturated heterocycles. The van der Waals surface area contributed by atoms with E-state index in [1.807, 2.05) is 0 Å². The van der Waals surface area contributed by atoms with E-state index in [1.54, 1.807) is 7.11 Å². The molecule has 0 aliphatic heterocycles. The van der Waals surface area contributed by atoms with E-state index in [-0.39, 0.29) is 5.92 Å². The van der Waals surface area contributed by atoms with Crippen molar-refractivity contribution in [2.24, 2.45) is 5.92 Å². The Morgan fingerprint density at radius 2 is 2.13 bits per heavy atom. The van der Waals surface area contributed by atoms with Gasteiger partial charge < -0.3 is 9.47 Å². The monoisotopic (exact) mass is 214 g/mol. The smallest absolute Gasteiger partial charge is 0.332 e. The van der Waals surface area contributed by atoms with Gasteiger partial charge in [0.2, 0.25) is 6.29 Å². The summed E-state index contributed by atoms with van der Waals surface area (Å²) in [6, 6.07) is 0. The second-order valence-corrected chi connectivity index (χ2v) is 3.56. The van der Waals surface area contributed by atoms with Crippen LogP contribution in [0.1, 0.15) is 39.5 Å². The summed E-state index contributed by atoms with van der Waals surface area (Å²) >= 11 is 0. The largest absolute Gasteiger partial charge is 0.432 e. The third-order valence-corrected chi connectivity index (χ3v) is 2.47. The van der Waals surface area contributed by atoms with Gasteiger partial charge in [-0.1, -0.05) is 33.3 Å². The Balaban J connectivity index is 4.19. The van der Waals surface area contributed by atoms with E-state index < -0.39 is 12.3 Å². The van der Waals surface area contributed by atoms with Gasteiger partial charge in [0.25, 0.3) is 0 Å². The molecular weight excluding hydrogens is 192 g/mol. The third-order valence-electron chi connectivity index (χ3n) is 2.47. The second-order valence-electron chi connectivity index (χ2n) is 3.56. The molecule has 15 heavy (non-hydrogen) atoms. The number of carbonyl (C=O) groups is 1. The fourth-order valence-electron chi connectivity index (χ4n) is 1.50. The normalized spacial score (nSPS) is 14.3. The summed E-state index contributed by atoms with van der Waals surface area (Å²) < 4.78 is 10.3. The summed E-state index contributed by atoms with van der Waals surface area (Å²) in [5.74, 6) is -0.143. The van der Waals surface area contributed by atoms with Gasteiger partial charge in [-0.3, -0.25) is 0 Å². The van der Waals surface area contributed by atoms with Crippen molar-refractivity contribution in [2.75, 3.05) is 7.11 Å². The Hall–Kier alpha value is -0.830. The Labute approximate surface area is 92.5 Å². The summed E-state index contributed by atoms with van der Waals surface area (Å²) in [5.41, 5.74) is 0. The first-order valence-electron chi connectivity index (χ1n) is 5.55. The summed E-state index contributed by atoms with van der Waals surface area (Å²) in [4.78, 5) is 11.1. The number of unbranched alkanes of at least 4 members (excludes halogenated alkanes) is 1. The number of rotatable bonds is 8. The zero-order valence-corrected chi connectivity index (χ0v) is 9.99. The molecule has 0 aliphatic rings. The minimum Gasteiger partial charge on any atom is -0.432 e. The molecule has 2 unspecified atom stereocenters. The second kappa shape index (κ2) is 8.48. The lowest BCUT2D eigenvalue weighted by molar-refractivity contribution is -0.179. The lowest BCUT2D eigenvalue weighted by Crippen LogP contribution is -2.27. The number of hydrogen-bond acceptors (Lipinski definition) is 3. The van der Waals surface area contributed by atoms with E-state index in [4.69, 9.17) is 9.47 Å². The van der Waals surface area contributed by atoms with Crippen LogP contribution >= 0.6 is 0 Å². The number of ether oxygens (including phenoxy) is 2. The fourth-order valence-corrected chi connectivity index (χ4v) is 1.50. The summed E-state index contributed by atoms with van der Waals surface area (Å²) in [5, 5.41) is 0. The van der Waals surface area contributed by atoms with Crippen LogP contribution in [-0.4, -0.2) is 19.4 Å². The van der Waals surface area contributed by atoms with Gasteiger partial charge in [-0.2, -0.15) is 0 Å². The van der Waals surface area contributed by atoms with Crippen molar-refractivity contribution >= 4 is 5.97 Å². The molecule has 0 aromatic carbocycles. The van der Waals surface area contributed by atoms with E-state index >= 15 is 0 Å². The van der Waals surface area contributed by atoms with E-state index in [2.05, 4.69) is 20.4 Å². The highest BCUT2D eigenvalue weighted by Crippen LogP contribution is 2.20. The average molecular weight is 214 g/mol. The summed E-state index contributed by atoms with van der Waals surface area (Å²) in [7, 11) is 1.57. The van der Waals surface area contributed by atoms with Gasteiger partial charge in [-0.15, -0.1) is 0 Å². The molecule has 0 amide bonds. The SMILES string of the molecule is C=CC(=O)OC(OC)C(CC)CCCC. The minimum absolute atomic E-state index is 0.277. The highest BCUT2D eigenvalue weighted by Gasteiger charge is 2.22. The van der Waals surface area contributed by atoms with E-state index in [9.17, 15) is 4.79 Å². The maximum absolute atomic E-state index is 11.1. The first-order valence-corrected chi connectivity index (χ1v) is 5.55. The maximum atomic E-state index is 11.1. The molecule has 0 aromatic heterocycles. The predicted octanol–water partition coefficient (Wildman–Crippen LogP) is 2.90. The Kier molecular flexibility index (Phi) is 8.01. The molecule has 0 radical (unpaired) electrons. The van der Waals surface area contributed by atoms with Gasteiger partial charge in [0, 0.05) is 19.1 Å². The molecule has 88 valence electrons. The lowest BCUT2D eigenvalue weighted by atomic mass is 9.99. The minimum atomic E-state index is -0.438. The zero-order valence-electron chi connectivity index (χ0n) is 9.99. The maximum Gasteiger partial charge on any atom is 0.332 e. The van der Waals surface area contributed by atoms with Crippen molar-refractivity contribution in [1.29, 1.82) is 0 Å². The Morgan fingerprint density at radius 1 is 1.47 bits per heavy atom. The third kappa shape index (κ3) is 5.57. The van der Waals surface area contributed by atoms with Crippen molar-refractivity contribution in [3.63, 3.8) is 0 Å². The highest BCUT2D eigenvalue weighted by atomic mass is 16.7. The molecule has 0 saturated carbocycles. The van der Waals surface area contributed by atoms with Crippen LogP contribution in [0.3, 0.4) is 0 Å². The molecular formula is C12H22O3. The molecule has 0 spiro atoms. The van der Waals surface area contributed by atoms with Crippen molar-refractivity contribution in [2.45, 2.75) is 45.8 Å². The summed E-state index contributed by atoms with van der Waals surface area (Å²) in [6.45, 7) is 7.59. The van der Waals surface area contributed by atoms with Crippen molar-refractivity contribution in [3.05, 3.63) is 12.7 Å². The van der Waals surface area contributed by atoms with Crippen LogP contribution in [0.4, 0.5) is 0 Å². The topological polar surface area (TPSA) is 35.5 Å². The highest BCUT2D eigenvalue weighted by molar-refractivity contribution is 5.81. The van der Waals surface area contributed by atoms with Gasteiger partial charge in [-0.05, 0) is 12.8 Å². The standard InChI is InChI=1S/C12H22O3/c1-5-8-9-10(6-2)12(14-4)15-11(13)7-3/h7,10,12H,3,5-6,8-9H2,1-2,4H3. The number of hydrogen-bond donors (Lipinski definition) is 0. The molecule has 0 aliphatic carbocycles. The first kappa shape index (κ1) is 14.2. The van der Waals surface area contributed by atoms with Crippen LogP contribution < -0.4 is 0 Å². The number of esters is 1. The van der Waals surface area contributed by atoms with Gasteiger partial charge in [0.15, 0.2) is 0 Å². The van der Waals surface area contributed by atoms with Crippen LogP contribution in [-0.2, 0) is 14.3 Å². The van der Waals surface area contributed by atoms with Crippen molar-refractivity contribution in [3.8, 4) is 0 Å². The first-order chi connectivity index (χ1) is 7.19. The molecule has 2 atom stereocenters. The molecule has 3 nitrogen and oxygen atoms in total. The van der Waals surface area contributed by atoms with Gasteiger partial charge in [0.05, 0.1) is 0 Å². The molecule has 0 heterocycles. The summed E-state index contributed by atoms with van der Waals surface area (Å²) in [6.07, 6.45) is 4.97. The van der Waals surface area contributed by atoms with E-state index in [1.165, 1.54) is 6.08 Å². The van der Waals surface area contributed by atoms with Crippen LogP contribution in [0.25, 0.3) is 0 Å². The van der Waals surface area contributed by atoms with Crippen LogP contribution in [0, 0.1) is 5.92 Å².